The zero-order valence-electron chi connectivity index (χ0n) is 13.1. The fourth-order valence-corrected chi connectivity index (χ4v) is 2.73. The minimum absolute atomic E-state index is 0.295. The minimum atomic E-state index is -0.628. The summed E-state index contributed by atoms with van der Waals surface area (Å²) in [4.78, 5) is 8.33. The van der Waals surface area contributed by atoms with Crippen LogP contribution in [0.5, 0.6) is 5.75 Å². The third kappa shape index (κ3) is 2.81. The third-order valence-corrected chi connectivity index (χ3v) is 3.93. The zero-order chi connectivity index (χ0) is 15.6. The van der Waals surface area contributed by atoms with Gasteiger partial charge in [-0.05, 0) is 33.2 Å². The summed E-state index contributed by atoms with van der Waals surface area (Å²) in [5, 5.41) is 0. The molecule has 1 atom stereocenters. The van der Waals surface area contributed by atoms with Crippen molar-refractivity contribution in [2.24, 2.45) is 10.7 Å². The second kappa shape index (κ2) is 5.89. The fourth-order valence-electron chi connectivity index (χ4n) is 2.73. The van der Waals surface area contributed by atoms with Gasteiger partial charge in [0.2, 0.25) is 0 Å². The molecule has 1 aliphatic rings. The summed E-state index contributed by atoms with van der Waals surface area (Å²) in [5.41, 5.74) is 5.90. The Balaban J connectivity index is 2.41. The molecule has 116 valence electrons. The Morgan fingerprint density at radius 3 is 2.81 bits per heavy atom. The largest absolute Gasteiger partial charge is 0.496 e. The molecule has 0 spiro atoms. The zero-order valence-corrected chi connectivity index (χ0v) is 13.1. The lowest BCUT2D eigenvalue weighted by Crippen LogP contribution is -2.50. The average molecular weight is 294 g/mol. The number of ether oxygens (including phenoxy) is 1. The molecule has 6 heteroatoms. The molecule has 0 aliphatic carbocycles. The molecule has 0 bridgehead atoms. The van der Waals surface area contributed by atoms with Crippen LogP contribution in [0, 0.1) is 5.82 Å². The van der Waals surface area contributed by atoms with Crippen LogP contribution in [-0.4, -0.2) is 56.6 Å². The van der Waals surface area contributed by atoms with Gasteiger partial charge in [0.05, 0.1) is 24.8 Å². The van der Waals surface area contributed by atoms with E-state index >= 15 is 0 Å². The summed E-state index contributed by atoms with van der Waals surface area (Å²) in [6.07, 6.45) is 0. The summed E-state index contributed by atoms with van der Waals surface area (Å²) in [7, 11) is 5.53. The van der Waals surface area contributed by atoms with Gasteiger partial charge in [0, 0.05) is 13.1 Å². The Bertz CT molecular complexity index is 546. The number of guanidine groups is 1. The van der Waals surface area contributed by atoms with Crippen LogP contribution in [-0.2, 0) is 5.54 Å². The van der Waals surface area contributed by atoms with Crippen LogP contribution in [0.25, 0.3) is 0 Å². The van der Waals surface area contributed by atoms with E-state index in [-0.39, 0.29) is 5.82 Å². The van der Waals surface area contributed by atoms with Crippen LogP contribution in [0.15, 0.2) is 23.2 Å². The van der Waals surface area contributed by atoms with Gasteiger partial charge in [-0.3, -0.25) is 4.99 Å². The van der Waals surface area contributed by atoms with E-state index in [0.29, 0.717) is 30.4 Å². The SMILES string of the molecule is COc1cccc(F)c1C1(C)CN=C(N)N1CCN(C)C. The molecule has 0 saturated carbocycles. The fraction of sp³-hybridized carbons (Fsp3) is 0.533. The maximum absolute atomic E-state index is 14.4. The van der Waals surface area contributed by atoms with Crippen molar-refractivity contribution >= 4 is 5.96 Å². The number of aliphatic imine (C=N–C) groups is 1. The van der Waals surface area contributed by atoms with E-state index < -0.39 is 5.54 Å². The summed E-state index contributed by atoms with van der Waals surface area (Å²) >= 11 is 0. The molecule has 0 radical (unpaired) electrons. The summed E-state index contributed by atoms with van der Waals surface area (Å²) < 4.78 is 19.8. The van der Waals surface area contributed by atoms with Crippen molar-refractivity contribution in [3.63, 3.8) is 0 Å². The quantitative estimate of drug-likeness (QED) is 0.888. The number of hydrogen-bond acceptors (Lipinski definition) is 5. The van der Waals surface area contributed by atoms with Crippen LogP contribution in [0.3, 0.4) is 0 Å². The highest BCUT2D eigenvalue weighted by atomic mass is 19.1. The highest BCUT2D eigenvalue weighted by Crippen LogP contribution is 2.39. The number of benzene rings is 1. The first-order chi connectivity index (χ1) is 9.90. The van der Waals surface area contributed by atoms with Crippen LogP contribution in [0.2, 0.25) is 0 Å². The molecule has 0 aromatic heterocycles. The number of hydrogen-bond donors (Lipinski definition) is 1. The Kier molecular flexibility index (Phi) is 4.37. The van der Waals surface area contributed by atoms with Crippen molar-refractivity contribution in [1.82, 2.24) is 9.80 Å². The van der Waals surface area contributed by atoms with Gasteiger partial charge < -0.3 is 20.3 Å². The first-order valence-corrected chi connectivity index (χ1v) is 6.95. The van der Waals surface area contributed by atoms with Gasteiger partial charge in [-0.15, -0.1) is 0 Å². The molecule has 21 heavy (non-hydrogen) atoms. The molecule has 0 amide bonds. The molecular formula is C15H23FN4O. The van der Waals surface area contributed by atoms with E-state index in [1.165, 1.54) is 6.07 Å². The van der Waals surface area contributed by atoms with Gasteiger partial charge in [0.25, 0.3) is 0 Å². The van der Waals surface area contributed by atoms with Gasteiger partial charge in [0.15, 0.2) is 5.96 Å². The molecule has 5 nitrogen and oxygen atoms in total. The Labute approximate surface area is 125 Å². The summed E-state index contributed by atoms with van der Waals surface area (Å²) in [6.45, 7) is 3.86. The molecule has 2 N–H and O–H groups in total. The molecule has 1 aliphatic heterocycles. The second-order valence-corrected chi connectivity index (χ2v) is 5.72. The van der Waals surface area contributed by atoms with Crippen molar-refractivity contribution in [2.45, 2.75) is 12.5 Å². The van der Waals surface area contributed by atoms with E-state index in [1.54, 1.807) is 19.2 Å². The van der Waals surface area contributed by atoms with Crippen LogP contribution in [0.4, 0.5) is 4.39 Å². The van der Waals surface area contributed by atoms with E-state index in [4.69, 9.17) is 10.5 Å². The van der Waals surface area contributed by atoms with E-state index in [2.05, 4.69) is 9.89 Å². The molecule has 1 aromatic rings. The number of likely N-dealkylation sites (N-methyl/N-ethyl adjacent to an activating group) is 1. The van der Waals surface area contributed by atoms with Gasteiger partial charge in [-0.2, -0.15) is 0 Å². The van der Waals surface area contributed by atoms with Crippen molar-refractivity contribution < 1.29 is 9.13 Å². The molecular weight excluding hydrogens is 271 g/mol. The Hall–Kier alpha value is -1.82. The second-order valence-electron chi connectivity index (χ2n) is 5.72. The molecule has 1 aromatic carbocycles. The van der Waals surface area contributed by atoms with Crippen molar-refractivity contribution in [3.8, 4) is 5.75 Å². The van der Waals surface area contributed by atoms with Crippen molar-refractivity contribution in [2.75, 3.05) is 40.8 Å². The third-order valence-electron chi connectivity index (χ3n) is 3.93. The van der Waals surface area contributed by atoms with E-state index in [1.807, 2.05) is 25.9 Å². The number of nitrogens with zero attached hydrogens (tertiary/aromatic N) is 3. The first kappa shape index (κ1) is 15.6. The standard InChI is InChI=1S/C15H23FN4O/c1-15(13-11(16)6-5-7-12(13)21-4)10-18-14(17)20(15)9-8-19(2)3/h5-7H,8-10H2,1-4H3,(H2,17,18). The normalized spacial score (nSPS) is 21.8. The monoisotopic (exact) mass is 294 g/mol. The summed E-state index contributed by atoms with van der Waals surface area (Å²) in [5.74, 6) is 0.679. The molecule has 0 saturated heterocycles. The number of nitrogens with two attached hydrogens (primary N) is 1. The van der Waals surface area contributed by atoms with Gasteiger partial charge in [-0.1, -0.05) is 6.07 Å². The van der Waals surface area contributed by atoms with Gasteiger partial charge in [0.1, 0.15) is 11.6 Å². The van der Waals surface area contributed by atoms with Gasteiger partial charge >= 0.3 is 0 Å². The average Bonchev–Trinajstić information content (AvgIpc) is 2.72. The Morgan fingerprint density at radius 2 is 2.19 bits per heavy atom. The van der Waals surface area contributed by atoms with Crippen LogP contribution in [0.1, 0.15) is 12.5 Å². The lowest BCUT2D eigenvalue weighted by Gasteiger charge is -2.38. The predicted octanol–water partition coefficient (Wildman–Crippen LogP) is 1.24. The molecule has 1 unspecified atom stereocenters. The molecule has 1 heterocycles. The number of methoxy groups -OCH3 is 1. The van der Waals surface area contributed by atoms with Crippen molar-refractivity contribution in [3.05, 3.63) is 29.6 Å². The Morgan fingerprint density at radius 1 is 1.48 bits per heavy atom. The van der Waals surface area contributed by atoms with Crippen LogP contribution >= 0.6 is 0 Å². The molecule has 2 rings (SSSR count). The number of halogens is 1. The number of rotatable bonds is 5. The van der Waals surface area contributed by atoms with E-state index in [9.17, 15) is 4.39 Å². The maximum atomic E-state index is 14.4. The minimum Gasteiger partial charge on any atom is -0.496 e. The van der Waals surface area contributed by atoms with Crippen molar-refractivity contribution in [1.29, 1.82) is 0 Å². The van der Waals surface area contributed by atoms with E-state index in [0.717, 1.165) is 6.54 Å². The lowest BCUT2D eigenvalue weighted by atomic mass is 9.89. The topological polar surface area (TPSA) is 54.1 Å². The molecule has 0 fully saturated rings. The maximum Gasteiger partial charge on any atom is 0.192 e. The summed E-state index contributed by atoms with van der Waals surface area (Å²) in [6, 6.07) is 4.86. The highest BCUT2D eigenvalue weighted by molar-refractivity contribution is 5.81. The first-order valence-electron chi connectivity index (χ1n) is 6.95. The predicted molar refractivity (Wildman–Crippen MR) is 82.1 cm³/mol. The highest BCUT2D eigenvalue weighted by Gasteiger charge is 2.43. The smallest absolute Gasteiger partial charge is 0.192 e. The lowest BCUT2D eigenvalue weighted by molar-refractivity contribution is 0.194. The van der Waals surface area contributed by atoms with Gasteiger partial charge in [-0.25, -0.2) is 4.39 Å². The van der Waals surface area contributed by atoms with Crippen LogP contribution < -0.4 is 10.5 Å².